The van der Waals surface area contributed by atoms with Crippen molar-refractivity contribution in [3.63, 3.8) is 0 Å². The molecule has 0 amide bonds. The van der Waals surface area contributed by atoms with Gasteiger partial charge in [0.25, 0.3) is 5.56 Å². The Morgan fingerprint density at radius 3 is 2.67 bits per heavy atom. The molecule has 33 heavy (non-hydrogen) atoms. The number of ether oxygens (including phenoxy) is 1. The first-order valence-corrected chi connectivity index (χ1v) is 12.1. The van der Waals surface area contributed by atoms with Gasteiger partial charge in [0.05, 0.1) is 13.2 Å². The van der Waals surface area contributed by atoms with E-state index in [-0.39, 0.29) is 11.6 Å². The Hall–Kier alpha value is -2.78. The van der Waals surface area contributed by atoms with Gasteiger partial charge in [-0.2, -0.15) is 0 Å². The van der Waals surface area contributed by atoms with E-state index in [4.69, 9.17) is 4.74 Å². The Labute approximate surface area is 193 Å². The second-order valence-corrected chi connectivity index (χ2v) is 9.21. The van der Waals surface area contributed by atoms with Gasteiger partial charge in [-0.15, -0.1) is 5.10 Å². The fourth-order valence-corrected chi connectivity index (χ4v) is 5.38. The minimum atomic E-state index is -0.288. The number of methoxy groups -OCH3 is 1. The fourth-order valence-electron chi connectivity index (χ4n) is 5.38. The van der Waals surface area contributed by atoms with Crippen molar-refractivity contribution in [3.8, 4) is 5.75 Å². The van der Waals surface area contributed by atoms with Crippen molar-refractivity contribution in [1.29, 1.82) is 0 Å². The molecule has 1 saturated carbocycles. The number of benzene rings is 1. The van der Waals surface area contributed by atoms with Crippen LogP contribution < -0.4 is 10.3 Å². The van der Waals surface area contributed by atoms with E-state index in [9.17, 15) is 4.79 Å². The monoisotopic (exact) mass is 451 g/mol. The molecule has 176 valence electrons. The average molecular weight is 452 g/mol. The van der Waals surface area contributed by atoms with Crippen LogP contribution in [-0.4, -0.2) is 74.8 Å². The van der Waals surface area contributed by atoms with Gasteiger partial charge in [0.15, 0.2) is 5.82 Å². The molecule has 2 aliphatic rings. The molecule has 1 aromatic carbocycles. The fraction of sp³-hybridized carbons (Fsp3) is 0.583. The predicted molar refractivity (Wildman–Crippen MR) is 127 cm³/mol. The van der Waals surface area contributed by atoms with Crippen LogP contribution in [0.1, 0.15) is 62.5 Å². The number of nitrogens with zero attached hydrogens (tertiary/aromatic N) is 6. The Bertz CT molecular complexity index is 1140. The number of aromatic nitrogens is 5. The summed E-state index contributed by atoms with van der Waals surface area (Å²) in [4.78, 5) is 21.3. The lowest BCUT2D eigenvalue weighted by Crippen LogP contribution is -2.49. The number of nitrogens with one attached hydrogen (secondary N) is 1. The highest BCUT2D eigenvalue weighted by molar-refractivity contribution is 5.80. The third-order valence-electron chi connectivity index (χ3n) is 7.12. The van der Waals surface area contributed by atoms with Gasteiger partial charge in [-0.1, -0.05) is 19.8 Å². The molecule has 0 bridgehead atoms. The van der Waals surface area contributed by atoms with Crippen LogP contribution in [-0.2, 0) is 0 Å². The van der Waals surface area contributed by atoms with Crippen LogP contribution in [0.2, 0.25) is 0 Å². The van der Waals surface area contributed by atoms with Gasteiger partial charge in [0, 0.05) is 42.6 Å². The lowest BCUT2D eigenvalue weighted by Gasteiger charge is -2.38. The van der Waals surface area contributed by atoms with E-state index in [1.807, 2.05) is 28.9 Å². The first-order chi connectivity index (χ1) is 16.2. The molecule has 3 heterocycles. The van der Waals surface area contributed by atoms with E-state index in [0.29, 0.717) is 11.6 Å². The van der Waals surface area contributed by atoms with Crippen molar-refractivity contribution in [2.75, 3.05) is 39.8 Å². The predicted octanol–water partition coefficient (Wildman–Crippen LogP) is 2.76. The van der Waals surface area contributed by atoms with Crippen molar-refractivity contribution in [3.05, 3.63) is 46.0 Å². The molecule has 2 aromatic heterocycles. The molecular weight excluding hydrogens is 418 g/mol. The number of piperazine rings is 1. The Balaban J connectivity index is 1.58. The van der Waals surface area contributed by atoms with Crippen LogP contribution in [0.3, 0.4) is 0 Å². The summed E-state index contributed by atoms with van der Waals surface area (Å²) in [6.45, 7) is 7.03. The maximum Gasteiger partial charge on any atom is 0.253 e. The third kappa shape index (κ3) is 4.39. The normalized spacial score (nSPS) is 19.3. The molecule has 9 nitrogen and oxygen atoms in total. The van der Waals surface area contributed by atoms with E-state index in [1.54, 1.807) is 7.11 Å². The highest BCUT2D eigenvalue weighted by Gasteiger charge is 2.34. The summed E-state index contributed by atoms with van der Waals surface area (Å²) in [6, 6.07) is 7.73. The first kappa shape index (κ1) is 22.0. The highest BCUT2D eigenvalue weighted by atomic mass is 16.5. The third-order valence-corrected chi connectivity index (χ3v) is 7.12. The summed E-state index contributed by atoms with van der Waals surface area (Å²) in [5, 5.41) is 13.9. The van der Waals surface area contributed by atoms with Crippen LogP contribution >= 0.6 is 0 Å². The number of hydrogen-bond donors (Lipinski definition) is 1. The van der Waals surface area contributed by atoms with Crippen molar-refractivity contribution in [2.24, 2.45) is 0 Å². The molecule has 3 aromatic rings. The van der Waals surface area contributed by atoms with Crippen LogP contribution in [0.4, 0.5) is 0 Å². The Kier molecular flexibility index (Phi) is 6.41. The van der Waals surface area contributed by atoms with Crippen molar-refractivity contribution < 1.29 is 4.74 Å². The summed E-state index contributed by atoms with van der Waals surface area (Å²) in [7, 11) is 1.65. The number of aromatic amines is 1. The first-order valence-electron chi connectivity index (χ1n) is 12.1. The Morgan fingerprint density at radius 2 is 1.94 bits per heavy atom. The summed E-state index contributed by atoms with van der Waals surface area (Å²) in [6.07, 6.45) is 5.71. The summed E-state index contributed by atoms with van der Waals surface area (Å²) >= 11 is 0. The van der Waals surface area contributed by atoms with Crippen LogP contribution in [0.25, 0.3) is 10.9 Å². The van der Waals surface area contributed by atoms with Gasteiger partial charge in [0.2, 0.25) is 0 Å². The summed E-state index contributed by atoms with van der Waals surface area (Å²) in [5.41, 5.74) is 1.40. The molecule has 1 aliphatic heterocycles. The molecule has 2 fully saturated rings. The van der Waals surface area contributed by atoms with Crippen LogP contribution in [0.5, 0.6) is 5.75 Å². The van der Waals surface area contributed by atoms with Gasteiger partial charge >= 0.3 is 0 Å². The molecule has 0 spiro atoms. The number of hydrogen-bond acceptors (Lipinski definition) is 7. The number of rotatable bonds is 7. The van der Waals surface area contributed by atoms with Crippen molar-refractivity contribution in [1.82, 2.24) is 35.0 Å². The summed E-state index contributed by atoms with van der Waals surface area (Å²) < 4.78 is 7.41. The molecule has 1 aliphatic carbocycles. The van der Waals surface area contributed by atoms with E-state index >= 15 is 0 Å². The topological polar surface area (TPSA) is 92.2 Å². The Morgan fingerprint density at radius 1 is 1.15 bits per heavy atom. The largest absolute Gasteiger partial charge is 0.497 e. The zero-order chi connectivity index (χ0) is 22.8. The van der Waals surface area contributed by atoms with E-state index in [2.05, 4.69) is 37.2 Å². The van der Waals surface area contributed by atoms with Crippen LogP contribution in [0, 0.1) is 0 Å². The van der Waals surface area contributed by atoms with Crippen molar-refractivity contribution in [2.45, 2.75) is 51.1 Å². The lowest BCUT2D eigenvalue weighted by molar-refractivity contribution is 0.103. The smallest absolute Gasteiger partial charge is 0.253 e. The number of pyridine rings is 1. The van der Waals surface area contributed by atoms with E-state index < -0.39 is 0 Å². The minimum Gasteiger partial charge on any atom is -0.497 e. The van der Waals surface area contributed by atoms with Crippen LogP contribution in [0.15, 0.2) is 29.1 Å². The maximum absolute atomic E-state index is 13.4. The highest BCUT2D eigenvalue weighted by Crippen LogP contribution is 2.34. The van der Waals surface area contributed by atoms with Gasteiger partial charge in [-0.25, -0.2) is 4.68 Å². The minimum absolute atomic E-state index is 0.0883. The van der Waals surface area contributed by atoms with Gasteiger partial charge in [0.1, 0.15) is 11.8 Å². The molecule has 1 atom stereocenters. The second-order valence-electron chi connectivity index (χ2n) is 9.21. The maximum atomic E-state index is 13.4. The molecule has 9 heteroatoms. The SMILES string of the molecule is CCCN1CCN([C@H](c2cc3cc(OC)ccc3[nH]c2=O)c2nnnn2C2CCCC2)CC1. The molecular formula is C24H33N7O2. The summed E-state index contributed by atoms with van der Waals surface area (Å²) in [5.74, 6) is 1.54. The molecule has 0 radical (unpaired) electrons. The van der Waals surface area contributed by atoms with Gasteiger partial charge in [-0.3, -0.25) is 9.69 Å². The zero-order valence-corrected chi connectivity index (χ0v) is 19.5. The molecule has 0 unspecified atom stereocenters. The van der Waals surface area contributed by atoms with Gasteiger partial charge in [-0.05, 0) is 60.5 Å². The van der Waals surface area contributed by atoms with Gasteiger partial charge < -0.3 is 14.6 Å². The standard InChI is InChI=1S/C24H33N7O2/c1-3-10-29-11-13-30(14-12-29)22(23-26-27-28-31(23)18-6-4-5-7-18)20-16-17-15-19(33-2)8-9-21(17)25-24(20)32/h8-9,15-16,18,22H,3-7,10-14H2,1-2H3,(H,25,32)/t22-/m1/s1. The zero-order valence-electron chi connectivity index (χ0n) is 19.5. The quantitative estimate of drug-likeness (QED) is 0.590. The molecule has 1 N–H and O–H groups in total. The number of fused-ring (bicyclic) bond motifs is 1. The molecule has 5 rings (SSSR count). The van der Waals surface area contributed by atoms with E-state index in [0.717, 1.165) is 74.5 Å². The lowest BCUT2D eigenvalue weighted by atomic mass is 10.0. The number of tetrazole rings is 1. The second kappa shape index (κ2) is 9.61. The molecule has 1 saturated heterocycles. The average Bonchev–Trinajstić information content (AvgIpc) is 3.53. The van der Waals surface area contributed by atoms with Crippen molar-refractivity contribution >= 4 is 10.9 Å². The number of H-pyrrole nitrogens is 1. The van der Waals surface area contributed by atoms with E-state index in [1.165, 1.54) is 12.8 Å².